The van der Waals surface area contributed by atoms with Crippen molar-refractivity contribution in [1.29, 1.82) is 0 Å². The average Bonchev–Trinajstić information content (AvgIpc) is 3.24. The summed E-state index contributed by atoms with van der Waals surface area (Å²) in [6.45, 7) is 4.29. The predicted octanol–water partition coefficient (Wildman–Crippen LogP) is 2.24. The van der Waals surface area contributed by atoms with Crippen LogP contribution in [0.3, 0.4) is 0 Å². The van der Waals surface area contributed by atoms with Gasteiger partial charge in [0.15, 0.2) is 23.0 Å². The van der Waals surface area contributed by atoms with Crippen molar-refractivity contribution in [2.75, 3.05) is 73.9 Å². The van der Waals surface area contributed by atoms with Gasteiger partial charge in [0.25, 0.3) is 11.7 Å². The molecule has 0 unspecified atom stereocenters. The van der Waals surface area contributed by atoms with Crippen LogP contribution in [0.15, 0.2) is 35.9 Å². The van der Waals surface area contributed by atoms with Gasteiger partial charge in [0.05, 0.1) is 46.2 Å². The third-order valence-electron chi connectivity index (χ3n) is 7.12. The Morgan fingerprint density at radius 3 is 2.21 bits per heavy atom. The highest BCUT2D eigenvalue weighted by atomic mass is 16.6. The monoisotopic (exact) mass is 540 g/mol. The van der Waals surface area contributed by atoms with Crippen molar-refractivity contribution >= 4 is 17.4 Å². The molecule has 0 saturated carbocycles. The summed E-state index contributed by atoms with van der Waals surface area (Å²) >= 11 is 0. The SMILES string of the molecule is COc1cc([C@@H]2C(=C(O)c3ccc4c(c3)OCCO4)C(=O)C(=O)N2CCN2CCOCC2)cc(OC)c1OC. The molecule has 5 rings (SSSR count). The summed E-state index contributed by atoms with van der Waals surface area (Å²) < 4.78 is 33.2. The number of aliphatic hydroxyl groups excluding tert-OH is 1. The van der Waals surface area contributed by atoms with Gasteiger partial charge in [0.1, 0.15) is 19.0 Å². The van der Waals surface area contributed by atoms with Gasteiger partial charge in [-0.15, -0.1) is 0 Å². The first kappa shape index (κ1) is 26.6. The molecule has 11 heteroatoms. The molecular formula is C28H32N2O9. The third kappa shape index (κ3) is 5.07. The Balaban J connectivity index is 1.61. The number of aliphatic hydroxyl groups is 1. The summed E-state index contributed by atoms with van der Waals surface area (Å²) in [4.78, 5) is 30.6. The first-order valence-corrected chi connectivity index (χ1v) is 12.7. The van der Waals surface area contributed by atoms with Crippen molar-refractivity contribution in [1.82, 2.24) is 9.80 Å². The molecule has 1 atom stereocenters. The summed E-state index contributed by atoms with van der Waals surface area (Å²) in [6, 6.07) is 7.40. The lowest BCUT2D eigenvalue weighted by Crippen LogP contribution is -2.42. The minimum atomic E-state index is -0.895. The van der Waals surface area contributed by atoms with E-state index >= 15 is 0 Å². The number of carbonyl (C=O) groups excluding carboxylic acids is 2. The number of hydrogen-bond donors (Lipinski definition) is 1. The first-order chi connectivity index (χ1) is 19.0. The number of likely N-dealkylation sites (tertiary alicyclic amines) is 1. The van der Waals surface area contributed by atoms with Gasteiger partial charge in [0.2, 0.25) is 5.75 Å². The van der Waals surface area contributed by atoms with E-state index in [2.05, 4.69) is 4.90 Å². The zero-order chi connectivity index (χ0) is 27.5. The maximum atomic E-state index is 13.5. The van der Waals surface area contributed by atoms with Crippen LogP contribution in [0.2, 0.25) is 0 Å². The Bertz CT molecular complexity index is 1260. The van der Waals surface area contributed by atoms with Crippen LogP contribution < -0.4 is 23.7 Å². The van der Waals surface area contributed by atoms with E-state index in [1.54, 1.807) is 30.3 Å². The number of carbonyl (C=O) groups is 2. The third-order valence-corrected chi connectivity index (χ3v) is 7.12. The number of ketones is 1. The number of methoxy groups -OCH3 is 3. The number of amides is 1. The summed E-state index contributed by atoms with van der Waals surface area (Å²) in [5.41, 5.74) is 0.834. The molecule has 2 aromatic rings. The number of Topliss-reactive ketones (excluding diaryl/α,β-unsaturated/α-hetero) is 1. The van der Waals surface area contributed by atoms with Crippen LogP contribution in [0, 0.1) is 0 Å². The number of hydrogen-bond acceptors (Lipinski definition) is 10. The Morgan fingerprint density at radius 2 is 1.56 bits per heavy atom. The van der Waals surface area contributed by atoms with Crippen molar-refractivity contribution in [3.63, 3.8) is 0 Å². The molecule has 0 bridgehead atoms. The molecule has 39 heavy (non-hydrogen) atoms. The number of fused-ring (bicyclic) bond motifs is 1. The molecule has 2 fully saturated rings. The van der Waals surface area contributed by atoms with E-state index in [9.17, 15) is 14.7 Å². The Morgan fingerprint density at radius 1 is 0.897 bits per heavy atom. The highest BCUT2D eigenvalue weighted by Gasteiger charge is 2.46. The Hall–Kier alpha value is -3.96. The van der Waals surface area contributed by atoms with Crippen LogP contribution in [0.1, 0.15) is 17.2 Å². The first-order valence-electron chi connectivity index (χ1n) is 12.7. The molecule has 1 N–H and O–H groups in total. The van der Waals surface area contributed by atoms with Gasteiger partial charge in [-0.25, -0.2) is 0 Å². The van der Waals surface area contributed by atoms with Crippen molar-refractivity contribution in [3.8, 4) is 28.7 Å². The van der Waals surface area contributed by atoms with Gasteiger partial charge >= 0.3 is 0 Å². The van der Waals surface area contributed by atoms with Gasteiger partial charge in [0, 0.05) is 31.7 Å². The van der Waals surface area contributed by atoms with Gasteiger partial charge in [-0.2, -0.15) is 0 Å². The average molecular weight is 541 g/mol. The quantitative estimate of drug-likeness (QED) is 0.304. The van der Waals surface area contributed by atoms with Gasteiger partial charge in [-0.1, -0.05) is 0 Å². The Kier molecular flexibility index (Phi) is 7.80. The van der Waals surface area contributed by atoms with E-state index in [0.717, 1.165) is 13.1 Å². The predicted molar refractivity (Wildman–Crippen MR) is 140 cm³/mol. The molecule has 0 radical (unpaired) electrons. The molecule has 2 saturated heterocycles. The van der Waals surface area contributed by atoms with Crippen LogP contribution in [-0.2, 0) is 14.3 Å². The molecular weight excluding hydrogens is 508 g/mol. The normalized spacial score (nSPS) is 20.7. The van der Waals surface area contributed by atoms with E-state index in [4.69, 9.17) is 28.4 Å². The van der Waals surface area contributed by atoms with E-state index in [1.807, 2.05) is 0 Å². The van der Waals surface area contributed by atoms with Gasteiger partial charge < -0.3 is 38.4 Å². The second kappa shape index (κ2) is 11.4. The molecule has 1 amide bonds. The fraction of sp³-hybridized carbons (Fsp3) is 0.429. The minimum absolute atomic E-state index is 0.0343. The van der Waals surface area contributed by atoms with Gasteiger partial charge in [-0.3, -0.25) is 14.5 Å². The number of ether oxygens (including phenoxy) is 6. The molecule has 11 nitrogen and oxygen atoms in total. The van der Waals surface area contributed by atoms with Crippen molar-refractivity contribution in [2.45, 2.75) is 6.04 Å². The molecule has 0 aromatic heterocycles. The van der Waals surface area contributed by atoms with Crippen LogP contribution in [-0.4, -0.2) is 101 Å². The number of morpholine rings is 1. The lowest BCUT2D eigenvalue weighted by atomic mass is 9.94. The van der Waals surface area contributed by atoms with Crippen molar-refractivity contribution in [3.05, 3.63) is 47.0 Å². The van der Waals surface area contributed by atoms with Crippen LogP contribution >= 0.6 is 0 Å². The van der Waals surface area contributed by atoms with E-state index in [1.165, 1.54) is 26.2 Å². The zero-order valence-electron chi connectivity index (χ0n) is 22.2. The highest BCUT2D eigenvalue weighted by molar-refractivity contribution is 6.46. The maximum Gasteiger partial charge on any atom is 0.295 e. The second-order valence-electron chi connectivity index (χ2n) is 9.26. The van der Waals surface area contributed by atoms with Crippen LogP contribution in [0.25, 0.3) is 5.76 Å². The molecule has 2 aromatic carbocycles. The van der Waals surface area contributed by atoms with E-state index < -0.39 is 17.7 Å². The zero-order valence-corrected chi connectivity index (χ0v) is 22.2. The fourth-order valence-electron chi connectivity index (χ4n) is 5.14. The lowest BCUT2D eigenvalue weighted by molar-refractivity contribution is -0.140. The second-order valence-corrected chi connectivity index (χ2v) is 9.26. The summed E-state index contributed by atoms with van der Waals surface area (Å²) in [6.07, 6.45) is 0. The molecule has 3 heterocycles. The maximum absolute atomic E-state index is 13.5. The number of nitrogens with zero attached hydrogens (tertiary/aromatic N) is 2. The largest absolute Gasteiger partial charge is 0.507 e. The summed E-state index contributed by atoms with van der Waals surface area (Å²) in [5, 5.41) is 11.5. The summed E-state index contributed by atoms with van der Waals surface area (Å²) in [5.74, 6) is 0.332. The van der Waals surface area contributed by atoms with Crippen LogP contribution in [0.4, 0.5) is 0 Å². The standard InChI is InChI=1S/C28H32N2O9/c1-34-21-15-18(16-22(35-2)27(21)36-3)24-23(25(31)17-4-5-19-20(14-17)39-13-12-38-19)26(32)28(33)30(24)7-6-29-8-10-37-11-9-29/h4-5,14-16,24,31H,6-13H2,1-3H3/t24-/m1/s1. The van der Waals surface area contributed by atoms with Crippen LogP contribution in [0.5, 0.6) is 28.7 Å². The molecule has 0 spiro atoms. The molecule has 3 aliphatic heterocycles. The number of rotatable bonds is 8. The van der Waals surface area contributed by atoms with E-state index in [-0.39, 0.29) is 17.9 Å². The topological polar surface area (TPSA) is 116 Å². The van der Waals surface area contributed by atoms with Gasteiger partial charge in [-0.05, 0) is 35.9 Å². The fourth-order valence-corrected chi connectivity index (χ4v) is 5.14. The number of benzene rings is 2. The lowest BCUT2D eigenvalue weighted by Gasteiger charge is -2.31. The highest BCUT2D eigenvalue weighted by Crippen LogP contribution is 2.46. The van der Waals surface area contributed by atoms with Crippen molar-refractivity contribution < 1.29 is 43.1 Å². The molecule has 208 valence electrons. The smallest absolute Gasteiger partial charge is 0.295 e. The van der Waals surface area contributed by atoms with E-state index in [0.29, 0.717) is 72.8 Å². The molecule has 0 aliphatic carbocycles. The molecule has 3 aliphatic rings. The Labute approximate surface area is 226 Å². The van der Waals surface area contributed by atoms with Crippen molar-refractivity contribution in [2.24, 2.45) is 0 Å². The summed E-state index contributed by atoms with van der Waals surface area (Å²) in [7, 11) is 4.48. The minimum Gasteiger partial charge on any atom is -0.507 e.